The Morgan fingerprint density at radius 2 is 2.23 bits per heavy atom. The first kappa shape index (κ1) is 9.47. The molecule has 70 valence electrons. The standard InChI is InChI=1S/C8H10N2O3/c1-5(9)7-3-2-6(10(12)13)4-8(7)11/h2-5,11H,9H2,1H3/t5-/m1/s1. The maximum Gasteiger partial charge on any atom is 0.273 e. The van der Waals surface area contributed by atoms with Crippen molar-refractivity contribution >= 4 is 5.69 Å². The monoisotopic (exact) mass is 182 g/mol. The summed E-state index contributed by atoms with van der Waals surface area (Å²) in [4.78, 5) is 9.73. The quantitative estimate of drug-likeness (QED) is 0.533. The number of non-ortho nitro benzene ring substituents is 1. The van der Waals surface area contributed by atoms with Gasteiger partial charge in [0.25, 0.3) is 5.69 Å². The highest BCUT2D eigenvalue weighted by molar-refractivity contribution is 5.44. The van der Waals surface area contributed by atoms with Crippen molar-refractivity contribution in [1.82, 2.24) is 0 Å². The third-order valence-corrected chi connectivity index (χ3v) is 1.72. The van der Waals surface area contributed by atoms with Crippen LogP contribution in [0.25, 0.3) is 0 Å². The highest BCUT2D eigenvalue weighted by Gasteiger charge is 2.11. The predicted molar refractivity (Wildman–Crippen MR) is 47.4 cm³/mol. The van der Waals surface area contributed by atoms with E-state index in [4.69, 9.17) is 5.73 Å². The number of nitrogens with zero attached hydrogens (tertiary/aromatic N) is 1. The minimum Gasteiger partial charge on any atom is -0.507 e. The van der Waals surface area contributed by atoms with E-state index in [0.29, 0.717) is 5.56 Å². The molecule has 0 unspecified atom stereocenters. The summed E-state index contributed by atoms with van der Waals surface area (Å²) in [5.41, 5.74) is 5.88. The fourth-order valence-electron chi connectivity index (χ4n) is 1.03. The van der Waals surface area contributed by atoms with Crippen molar-refractivity contribution in [2.45, 2.75) is 13.0 Å². The first-order valence-electron chi connectivity index (χ1n) is 3.75. The molecule has 13 heavy (non-hydrogen) atoms. The Kier molecular flexibility index (Phi) is 2.48. The second-order valence-corrected chi connectivity index (χ2v) is 2.79. The van der Waals surface area contributed by atoms with Gasteiger partial charge in [0.2, 0.25) is 0 Å². The summed E-state index contributed by atoms with van der Waals surface area (Å²) in [6, 6.07) is 3.54. The lowest BCUT2D eigenvalue weighted by molar-refractivity contribution is -0.384. The van der Waals surface area contributed by atoms with Crippen LogP contribution in [-0.2, 0) is 0 Å². The zero-order chi connectivity index (χ0) is 10.0. The van der Waals surface area contributed by atoms with E-state index in [0.717, 1.165) is 6.07 Å². The van der Waals surface area contributed by atoms with Gasteiger partial charge in [-0.25, -0.2) is 0 Å². The van der Waals surface area contributed by atoms with Gasteiger partial charge in [-0.05, 0) is 13.0 Å². The van der Waals surface area contributed by atoms with Gasteiger partial charge in [0, 0.05) is 17.7 Å². The Bertz CT molecular complexity index is 336. The number of nitrogens with two attached hydrogens (primary N) is 1. The van der Waals surface area contributed by atoms with E-state index in [1.165, 1.54) is 12.1 Å². The summed E-state index contributed by atoms with van der Waals surface area (Å²) in [6.07, 6.45) is 0. The van der Waals surface area contributed by atoms with Crippen LogP contribution < -0.4 is 5.73 Å². The summed E-state index contributed by atoms with van der Waals surface area (Å²) in [7, 11) is 0. The number of nitro groups is 1. The highest BCUT2D eigenvalue weighted by Crippen LogP contribution is 2.26. The van der Waals surface area contributed by atoms with Crippen molar-refractivity contribution in [3.63, 3.8) is 0 Å². The summed E-state index contributed by atoms with van der Waals surface area (Å²) in [5.74, 6) is -0.135. The first-order valence-corrected chi connectivity index (χ1v) is 3.75. The van der Waals surface area contributed by atoms with Gasteiger partial charge in [-0.2, -0.15) is 0 Å². The number of benzene rings is 1. The van der Waals surface area contributed by atoms with Crippen molar-refractivity contribution in [1.29, 1.82) is 0 Å². The van der Waals surface area contributed by atoms with Crippen LogP contribution in [0.3, 0.4) is 0 Å². The second-order valence-electron chi connectivity index (χ2n) is 2.79. The molecule has 0 aromatic heterocycles. The summed E-state index contributed by atoms with van der Waals surface area (Å²) in [6.45, 7) is 1.70. The molecule has 0 fully saturated rings. The van der Waals surface area contributed by atoms with Gasteiger partial charge < -0.3 is 10.8 Å². The van der Waals surface area contributed by atoms with Crippen LogP contribution in [0.1, 0.15) is 18.5 Å². The fourth-order valence-corrected chi connectivity index (χ4v) is 1.03. The number of phenols is 1. The summed E-state index contributed by atoms with van der Waals surface area (Å²) in [5, 5.41) is 19.6. The number of hydrogen-bond donors (Lipinski definition) is 2. The second kappa shape index (κ2) is 3.40. The SMILES string of the molecule is C[C@@H](N)c1ccc([N+](=O)[O-])cc1O. The van der Waals surface area contributed by atoms with Gasteiger partial charge >= 0.3 is 0 Å². The van der Waals surface area contributed by atoms with E-state index in [2.05, 4.69) is 0 Å². The van der Waals surface area contributed by atoms with E-state index in [1.807, 2.05) is 0 Å². The van der Waals surface area contributed by atoms with Gasteiger partial charge in [-0.1, -0.05) is 0 Å². The van der Waals surface area contributed by atoms with Crippen molar-refractivity contribution in [2.75, 3.05) is 0 Å². The van der Waals surface area contributed by atoms with E-state index in [1.54, 1.807) is 6.92 Å². The van der Waals surface area contributed by atoms with Gasteiger partial charge in [0.1, 0.15) is 5.75 Å². The molecule has 3 N–H and O–H groups in total. The zero-order valence-corrected chi connectivity index (χ0v) is 7.10. The molecule has 0 saturated carbocycles. The van der Waals surface area contributed by atoms with Crippen LogP contribution in [0.4, 0.5) is 5.69 Å². The van der Waals surface area contributed by atoms with Crippen molar-refractivity contribution < 1.29 is 10.0 Å². The van der Waals surface area contributed by atoms with E-state index >= 15 is 0 Å². The lowest BCUT2D eigenvalue weighted by atomic mass is 10.1. The topological polar surface area (TPSA) is 89.4 Å². The molecule has 0 spiro atoms. The van der Waals surface area contributed by atoms with Crippen LogP contribution in [0.5, 0.6) is 5.75 Å². The normalized spacial score (nSPS) is 12.5. The average molecular weight is 182 g/mol. The molecule has 0 aliphatic carbocycles. The lowest BCUT2D eigenvalue weighted by Gasteiger charge is -2.06. The maximum absolute atomic E-state index is 10.3. The first-order chi connectivity index (χ1) is 6.02. The molecule has 5 nitrogen and oxygen atoms in total. The van der Waals surface area contributed by atoms with Crippen LogP contribution in [-0.4, -0.2) is 10.0 Å². The van der Waals surface area contributed by atoms with Gasteiger partial charge in [-0.3, -0.25) is 10.1 Å². The third kappa shape index (κ3) is 1.94. The van der Waals surface area contributed by atoms with E-state index in [9.17, 15) is 15.2 Å². The average Bonchev–Trinajstić information content (AvgIpc) is 2.03. The molecule has 0 saturated heterocycles. The van der Waals surface area contributed by atoms with E-state index in [-0.39, 0.29) is 17.5 Å². The van der Waals surface area contributed by atoms with E-state index < -0.39 is 4.92 Å². The van der Waals surface area contributed by atoms with Gasteiger partial charge in [-0.15, -0.1) is 0 Å². The Hall–Kier alpha value is -1.62. The number of hydrogen-bond acceptors (Lipinski definition) is 4. The van der Waals surface area contributed by atoms with Gasteiger partial charge in [0.15, 0.2) is 0 Å². The number of phenolic OH excluding ortho intramolecular Hbond substituents is 1. The predicted octanol–water partition coefficient (Wildman–Crippen LogP) is 1.32. The van der Waals surface area contributed by atoms with Crippen LogP contribution in [0.15, 0.2) is 18.2 Å². The highest BCUT2D eigenvalue weighted by atomic mass is 16.6. The molecule has 1 rings (SSSR count). The number of rotatable bonds is 2. The molecule has 0 amide bonds. The molecule has 1 atom stereocenters. The lowest BCUT2D eigenvalue weighted by Crippen LogP contribution is -2.05. The smallest absolute Gasteiger partial charge is 0.273 e. The van der Waals surface area contributed by atoms with Gasteiger partial charge in [0.05, 0.1) is 11.0 Å². The molecular weight excluding hydrogens is 172 g/mol. The van der Waals surface area contributed by atoms with Crippen molar-refractivity contribution in [3.05, 3.63) is 33.9 Å². The Morgan fingerprint density at radius 3 is 2.62 bits per heavy atom. The zero-order valence-electron chi connectivity index (χ0n) is 7.10. The Morgan fingerprint density at radius 1 is 1.62 bits per heavy atom. The minimum absolute atomic E-state index is 0.135. The molecule has 0 bridgehead atoms. The molecule has 0 aliphatic rings. The molecule has 1 aromatic rings. The maximum atomic E-state index is 10.3. The molecule has 0 radical (unpaired) electrons. The van der Waals surface area contributed by atoms with Crippen LogP contribution in [0, 0.1) is 10.1 Å². The Labute approximate surface area is 74.9 Å². The molecule has 1 aromatic carbocycles. The molecule has 0 aliphatic heterocycles. The van der Waals surface area contributed by atoms with Crippen molar-refractivity contribution in [2.24, 2.45) is 5.73 Å². The largest absolute Gasteiger partial charge is 0.507 e. The molecule has 0 heterocycles. The van der Waals surface area contributed by atoms with Crippen LogP contribution in [0.2, 0.25) is 0 Å². The summed E-state index contributed by atoms with van der Waals surface area (Å²) >= 11 is 0. The fraction of sp³-hybridized carbons (Fsp3) is 0.250. The number of nitro benzene ring substituents is 1. The van der Waals surface area contributed by atoms with Crippen LogP contribution >= 0.6 is 0 Å². The summed E-state index contributed by atoms with van der Waals surface area (Å²) < 4.78 is 0. The number of aromatic hydroxyl groups is 1. The van der Waals surface area contributed by atoms with Crippen molar-refractivity contribution in [3.8, 4) is 5.75 Å². The molecule has 5 heteroatoms. The third-order valence-electron chi connectivity index (χ3n) is 1.72. The Balaban J connectivity index is 3.13. The minimum atomic E-state index is -0.565. The molecular formula is C8H10N2O3.